The molecule has 2 aromatic heterocycles. The number of ether oxygens (including phenoxy) is 4. The number of carbonyl (C=O) groups excluding carboxylic acids is 3. The second kappa shape index (κ2) is 10.2. The molecule has 0 fully saturated rings. The van der Waals surface area contributed by atoms with Crippen molar-refractivity contribution in [2.75, 3.05) is 28.4 Å². The highest BCUT2D eigenvalue weighted by atomic mass is 16.5. The van der Waals surface area contributed by atoms with E-state index in [0.717, 1.165) is 0 Å². The number of esters is 2. The first kappa shape index (κ1) is 24.3. The molecule has 2 heterocycles. The summed E-state index contributed by atoms with van der Waals surface area (Å²) in [4.78, 5) is 37.7. The van der Waals surface area contributed by atoms with Crippen molar-refractivity contribution in [1.82, 2.24) is 0 Å². The maximum absolute atomic E-state index is 13.9. The first-order chi connectivity index (χ1) is 17.4. The van der Waals surface area contributed by atoms with Gasteiger partial charge in [-0.25, -0.2) is 9.59 Å². The van der Waals surface area contributed by atoms with Crippen LogP contribution in [0.15, 0.2) is 69.5 Å². The average Bonchev–Trinajstić information content (AvgIpc) is 3.62. The zero-order chi connectivity index (χ0) is 25.8. The summed E-state index contributed by atoms with van der Waals surface area (Å²) in [5.41, 5.74) is 1.39. The van der Waals surface area contributed by atoms with E-state index >= 15 is 0 Å². The number of benzene rings is 2. The number of furan rings is 2. The SMILES string of the molecule is COC(=O)c1ccc(-c2cc(OC)ccc2C(=O)c2ccc(OC)cc2-c2ccc(C(=O)OC)o2)o1. The van der Waals surface area contributed by atoms with E-state index in [9.17, 15) is 14.4 Å². The molecule has 0 aliphatic heterocycles. The molecule has 4 rings (SSSR count). The van der Waals surface area contributed by atoms with Crippen LogP contribution in [0.4, 0.5) is 0 Å². The Balaban J connectivity index is 1.85. The monoisotopic (exact) mass is 490 g/mol. The fourth-order valence-corrected chi connectivity index (χ4v) is 3.64. The van der Waals surface area contributed by atoms with Crippen molar-refractivity contribution in [2.45, 2.75) is 0 Å². The second-order valence-corrected chi connectivity index (χ2v) is 7.46. The Hall–Kier alpha value is -4.79. The van der Waals surface area contributed by atoms with Gasteiger partial charge in [0.05, 0.1) is 28.4 Å². The highest BCUT2D eigenvalue weighted by Crippen LogP contribution is 2.35. The van der Waals surface area contributed by atoms with E-state index < -0.39 is 11.9 Å². The Kier molecular flexibility index (Phi) is 6.91. The van der Waals surface area contributed by atoms with Crippen molar-refractivity contribution in [1.29, 1.82) is 0 Å². The predicted molar refractivity (Wildman–Crippen MR) is 128 cm³/mol. The fourth-order valence-electron chi connectivity index (χ4n) is 3.64. The minimum absolute atomic E-state index is 0.00946. The van der Waals surface area contributed by atoms with Crippen LogP contribution in [0.5, 0.6) is 11.5 Å². The summed E-state index contributed by atoms with van der Waals surface area (Å²) in [7, 11) is 5.49. The third-order valence-corrected chi connectivity index (χ3v) is 5.46. The van der Waals surface area contributed by atoms with Crippen LogP contribution in [0.3, 0.4) is 0 Å². The summed E-state index contributed by atoms with van der Waals surface area (Å²) in [6.07, 6.45) is 0. The van der Waals surface area contributed by atoms with Crippen molar-refractivity contribution in [3.8, 4) is 34.1 Å². The quantitative estimate of drug-likeness (QED) is 0.248. The molecule has 9 heteroatoms. The molecule has 0 aliphatic carbocycles. The highest BCUT2D eigenvalue weighted by Gasteiger charge is 2.24. The van der Waals surface area contributed by atoms with Crippen LogP contribution in [0, 0.1) is 0 Å². The topological polar surface area (TPSA) is 114 Å². The molecule has 0 amide bonds. The summed E-state index contributed by atoms with van der Waals surface area (Å²) in [6.45, 7) is 0. The fraction of sp³-hybridized carbons (Fsp3) is 0.148. The Morgan fingerprint density at radius 3 is 1.36 bits per heavy atom. The molecule has 184 valence electrons. The van der Waals surface area contributed by atoms with Gasteiger partial charge in [-0.15, -0.1) is 0 Å². The average molecular weight is 490 g/mol. The maximum atomic E-state index is 13.9. The molecule has 0 unspecified atom stereocenters. The van der Waals surface area contributed by atoms with E-state index in [0.29, 0.717) is 22.6 Å². The minimum atomic E-state index is -0.645. The third-order valence-electron chi connectivity index (χ3n) is 5.46. The summed E-state index contributed by atoms with van der Waals surface area (Å²) in [6, 6.07) is 15.8. The van der Waals surface area contributed by atoms with Crippen molar-refractivity contribution in [3.63, 3.8) is 0 Å². The van der Waals surface area contributed by atoms with Gasteiger partial charge in [0.15, 0.2) is 5.78 Å². The second-order valence-electron chi connectivity index (χ2n) is 7.46. The standard InChI is InChI=1S/C27H22O9/c1-31-15-5-7-17(19(13-15)21-9-11-23(35-21)26(29)33-3)25(28)18-8-6-16(32-2)14-20(18)22-10-12-24(36-22)27(30)34-4/h5-14H,1-4H3. The Morgan fingerprint density at radius 2 is 1.00 bits per heavy atom. The minimum Gasteiger partial charge on any atom is -0.497 e. The van der Waals surface area contributed by atoms with Crippen LogP contribution in [-0.2, 0) is 9.47 Å². The molecule has 0 saturated carbocycles. The Morgan fingerprint density at radius 1 is 0.583 bits per heavy atom. The van der Waals surface area contributed by atoms with Gasteiger partial charge in [0.1, 0.15) is 23.0 Å². The largest absolute Gasteiger partial charge is 0.497 e. The molecular weight excluding hydrogens is 468 g/mol. The van der Waals surface area contributed by atoms with Gasteiger partial charge < -0.3 is 27.8 Å². The van der Waals surface area contributed by atoms with Crippen molar-refractivity contribution < 1.29 is 42.2 Å². The molecule has 0 atom stereocenters. The molecule has 4 aromatic rings. The van der Waals surface area contributed by atoms with Gasteiger partial charge in [-0.05, 0) is 60.7 Å². The van der Waals surface area contributed by atoms with Gasteiger partial charge in [-0.2, -0.15) is 0 Å². The van der Waals surface area contributed by atoms with Crippen molar-refractivity contribution >= 4 is 17.7 Å². The number of rotatable bonds is 8. The van der Waals surface area contributed by atoms with Crippen LogP contribution < -0.4 is 9.47 Å². The summed E-state index contributed by atoms with van der Waals surface area (Å²) in [5.74, 6) is -0.144. The lowest BCUT2D eigenvalue weighted by atomic mass is 9.93. The van der Waals surface area contributed by atoms with Crippen LogP contribution >= 0.6 is 0 Å². The van der Waals surface area contributed by atoms with E-state index in [1.54, 1.807) is 48.5 Å². The number of ketones is 1. The van der Waals surface area contributed by atoms with Gasteiger partial charge >= 0.3 is 11.9 Å². The van der Waals surface area contributed by atoms with Gasteiger partial charge in [0.25, 0.3) is 0 Å². The lowest BCUT2D eigenvalue weighted by Gasteiger charge is -2.13. The van der Waals surface area contributed by atoms with Gasteiger partial charge in [0.2, 0.25) is 11.5 Å². The van der Waals surface area contributed by atoms with Crippen LogP contribution in [-0.4, -0.2) is 46.2 Å². The third kappa shape index (κ3) is 4.58. The Labute approximate surface area is 206 Å². The van der Waals surface area contributed by atoms with E-state index in [1.807, 2.05) is 0 Å². The maximum Gasteiger partial charge on any atom is 0.373 e. The Bertz CT molecular complexity index is 1330. The van der Waals surface area contributed by atoms with Gasteiger partial charge in [-0.3, -0.25) is 4.79 Å². The molecule has 9 nitrogen and oxygen atoms in total. The summed E-state index contributed by atoms with van der Waals surface area (Å²) >= 11 is 0. The number of hydrogen-bond donors (Lipinski definition) is 0. The molecule has 0 spiro atoms. The zero-order valence-corrected chi connectivity index (χ0v) is 19.9. The lowest BCUT2D eigenvalue weighted by molar-refractivity contribution is 0.0558. The summed E-state index contributed by atoms with van der Waals surface area (Å²) < 4.78 is 31.4. The summed E-state index contributed by atoms with van der Waals surface area (Å²) in [5, 5.41) is 0. The smallest absolute Gasteiger partial charge is 0.373 e. The molecule has 0 saturated heterocycles. The van der Waals surface area contributed by atoms with E-state index in [1.165, 1.54) is 40.6 Å². The first-order valence-electron chi connectivity index (χ1n) is 10.7. The van der Waals surface area contributed by atoms with E-state index in [2.05, 4.69) is 0 Å². The van der Waals surface area contributed by atoms with Crippen molar-refractivity contribution in [2.24, 2.45) is 0 Å². The van der Waals surface area contributed by atoms with Crippen molar-refractivity contribution in [3.05, 3.63) is 83.3 Å². The molecular formula is C27H22O9. The number of methoxy groups -OCH3 is 4. The van der Waals surface area contributed by atoms with Crippen LogP contribution in [0.2, 0.25) is 0 Å². The van der Waals surface area contributed by atoms with Crippen LogP contribution in [0.1, 0.15) is 37.0 Å². The van der Waals surface area contributed by atoms with E-state index in [-0.39, 0.29) is 40.0 Å². The van der Waals surface area contributed by atoms with E-state index in [4.69, 9.17) is 27.8 Å². The highest BCUT2D eigenvalue weighted by molar-refractivity contribution is 6.16. The number of hydrogen-bond acceptors (Lipinski definition) is 9. The zero-order valence-electron chi connectivity index (χ0n) is 19.9. The number of carbonyl (C=O) groups is 3. The molecule has 2 aromatic carbocycles. The predicted octanol–water partition coefficient (Wildman–Crippen LogP) is 5.03. The molecule has 0 radical (unpaired) electrons. The molecule has 0 N–H and O–H groups in total. The molecule has 0 aliphatic rings. The molecule has 0 bridgehead atoms. The first-order valence-corrected chi connectivity index (χ1v) is 10.7. The molecule has 36 heavy (non-hydrogen) atoms. The van der Waals surface area contributed by atoms with Gasteiger partial charge in [-0.1, -0.05) is 0 Å². The van der Waals surface area contributed by atoms with Crippen LogP contribution in [0.25, 0.3) is 22.6 Å². The van der Waals surface area contributed by atoms with Gasteiger partial charge in [0, 0.05) is 22.3 Å². The lowest BCUT2D eigenvalue weighted by Crippen LogP contribution is -2.06. The normalized spacial score (nSPS) is 10.6.